The second-order valence-corrected chi connectivity index (χ2v) is 4.08. The first-order valence-electron chi connectivity index (χ1n) is 5.65. The van der Waals surface area contributed by atoms with Crippen molar-refractivity contribution >= 4 is 5.91 Å². The number of nitrogens with one attached hydrogen (secondary N) is 2. The summed E-state index contributed by atoms with van der Waals surface area (Å²) in [5.41, 5.74) is -1.20. The smallest absolute Gasteiger partial charge is 0.385 e. The number of halogens is 4. The Labute approximate surface area is 112 Å². The molecule has 0 bridgehead atoms. The Kier molecular flexibility index (Phi) is 3.78. The lowest BCUT2D eigenvalue weighted by atomic mass is 10.1. The van der Waals surface area contributed by atoms with Crippen molar-refractivity contribution in [3.63, 3.8) is 0 Å². The number of hydrogen-bond donors (Lipinski definition) is 2. The maximum Gasteiger partial charge on any atom is 0.419 e. The van der Waals surface area contributed by atoms with Gasteiger partial charge in [0.1, 0.15) is 5.82 Å². The first-order chi connectivity index (χ1) is 9.38. The van der Waals surface area contributed by atoms with Gasteiger partial charge < -0.3 is 10.6 Å². The molecule has 1 aliphatic heterocycles. The molecule has 1 aliphatic rings. The normalized spacial score (nSPS) is 14.5. The van der Waals surface area contributed by atoms with Crippen LogP contribution in [0.5, 0.6) is 0 Å². The van der Waals surface area contributed by atoms with Crippen LogP contribution in [0.15, 0.2) is 42.2 Å². The minimum Gasteiger partial charge on any atom is -0.385 e. The summed E-state index contributed by atoms with van der Waals surface area (Å²) in [6.07, 6.45) is 0.0809. The zero-order chi connectivity index (χ0) is 14.8. The Balaban J connectivity index is 2.22. The third kappa shape index (κ3) is 3.17. The summed E-state index contributed by atoms with van der Waals surface area (Å²) < 4.78 is 50.8. The lowest BCUT2D eigenvalue weighted by Crippen LogP contribution is -2.29. The fourth-order valence-electron chi connectivity index (χ4n) is 1.65. The monoisotopic (exact) mass is 286 g/mol. The number of hydrogen-bond acceptors (Lipinski definition) is 2. The van der Waals surface area contributed by atoms with Crippen molar-refractivity contribution in [3.05, 3.63) is 59.2 Å². The molecule has 106 valence electrons. The van der Waals surface area contributed by atoms with E-state index in [1.807, 2.05) is 0 Å². The van der Waals surface area contributed by atoms with Gasteiger partial charge in [-0.3, -0.25) is 4.79 Å². The molecule has 0 saturated heterocycles. The Bertz CT molecular complexity index is 591. The minimum atomic E-state index is -4.84. The van der Waals surface area contributed by atoms with Crippen LogP contribution in [0, 0.1) is 5.82 Å². The van der Waals surface area contributed by atoms with Crippen LogP contribution in [0.3, 0.4) is 0 Å². The summed E-state index contributed by atoms with van der Waals surface area (Å²) in [5, 5.41) is 5.28. The number of carbonyl (C=O) groups is 1. The third-order valence-corrected chi connectivity index (χ3v) is 2.61. The zero-order valence-electron chi connectivity index (χ0n) is 10.1. The largest absolute Gasteiger partial charge is 0.419 e. The number of allylic oxidation sites excluding steroid dienone is 2. The van der Waals surface area contributed by atoms with E-state index in [9.17, 15) is 22.4 Å². The Morgan fingerprint density at radius 1 is 1.30 bits per heavy atom. The second kappa shape index (κ2) is 5.36. The second-order valence-electron chi connectivity index (χ2n) is 4.08. The van der Waals surface area contributed by atoms with Crippen molar-refractivity contribution in [2.24, 2.45) is 0 Å². The van der Waals surface area contributed by atoms with Crippen molar-refractivity contribution in [1.82, 2.24) is 10.6 Å². The molecule has 0 saturated carbocycles. The van der Waals surface area contributed by atoms with Gasteiger partial charge in [-0.2, -0.15) is 13.2 Å². The van der Waals surface area contributed by atoms with E-state index < -0.39 is 23.5 Å². The van der Waals surface area contributed by atoms with E-state index in [-0.39, 0.29) is 5.56 Å². The molecule has 7 heteroatoms. The van der Waals surface area contributed by atoms with E-state index in [0.717, 1.165) is 6.07 Å². The molecule has 0 atom stereocenters. The lowest BCUT2D eigenvalue weighted by molar-refractivity contribution is -0.140. The minimum absolute atomic E-state index is 0.255. The van der Waals surface area contributed by atoms with E-state index in [4.69, 9.17) is 0 Å². The highest BCUT2D eigenvalue weighted by atomic mass is 19.4. The predicted molar refractivity (Wildman–Crippen MR) is 64.1 cm³/mol. The van der Waals surface area contributed by atoms with Gasteiger partial charge in [0, 0.05) is 11.3 Å². The number of alkyl halides is 3. The van der Waals surface area contributed by atoms with Gasteiger partial charge in [-0.05, 0) is 36.6 Å². The number of benzene rings is 1. The number of dihydropyridines is 1. The highest BCUT2D eigenvalue weighted by Crippen LogP contribution is 2.31. The van der Waals surface area contributed by atoms with E-state index >= 15 is 0 Å². The zero-order valence-corrected chi connectivity index (χ0v) is 10.1. The van der Waals surface area contributed by atoms with E-state index in [1.54, 1.807) is 18.4 Å². The summed E-state index contributed by atoms with van der Waals surface area (Å²) in [6, 6.07) is 2.13. The summed E-state index contributed by atoms with van der Waals surface area (Å²) in [5.74, 6) is -2.13. The first-order valence-corrected chi connectivity index (χ1v) is 5.65. The molecule has 1 heterocycles. The molecule has 2 N–H and O–H groups in total. The van der Waals surface area contributed by atoms with Gasteiger partial charge in [0.05, 0.1) is 12.1 Å². The molecule has 3 nitrogen and oxygen atoms in total. The van der Waals surface area contributed by atoms with Crippen LogP contribution >= 0.6 is 0 Å². The lowest BCUT2D eigenvalue weighted by Gasteiger charge is -2.13. The Morgan fingerprint density at radius 3 is 2.65 bits per heavy atom. The van der Waals surface area contributed by atoms with Crippen LogP contribution in [0.4, 0.5) is 17.6 Å². The highest BCUT2D eigenvalue weighted by molar-refractivity contribution is 5.95. The molecule has 1 amide bonds. The summed E-state index contributed by atoms with van der Waals surface area (Å²) >= 11 is 0. The van der Waals surface area contributed by atoms with Crippen LogP contribution in [0.2, 0.25) is 0 Å². The van der Waals surface area contributed by atoms with Gasteiger partial charge in [0.25, 0.3) is 5.91 Å². The molecule has 0 radical (unpaired) electrons. The molecule has 1 aromatic carbocycles. The SMILES string of the molecule is O=C(NC1=CC=CNC1)c1ccc(F)c(C(F)(F)F)c1. The Hall–Kier alpha value is -2.31. The van der Waals surface area contributed by atoms with Crippen LogP contribution < -0.4 is 10.6 Å². The molecule has 2 rings (SSSR count). The molecule has 0 fully saturated rings. The molecule has 0 aromatic heterocycles. The molecule has 0 unspecified atom stereocenters. The maximum absolute atomic E-state index is 13.1. The average molecular weight is 286 g/mol. The van der Waals surface area contributed by atoms with Gasteiger partial charge in [0.15, 0.2) is 0 Å². The van der Waals surface area contributed by atoms with Crippen LogP contribution in [0.25, 0.3) is 0 Å². The fourth-order valence-corrected chi connectivity index (χ4v) is 1.65. The van der Waals surface area contributed by atoms with Crippen molar-refractivity contribution in [1.29, 1.82) is 0 Å². The summed E-state index contributed by atoms with van der Waals surface area (Å²) in [4.78, 5) is 11.8. The molecular weight excluding hydrogens is 276 g/mol. The Morgan fingerprint density at radius 2 is 2.05 bits per heavy atom. The van der Waals surface area contributed by atoms with Crippen molar-refractivity contribution in [2.45, 2.75) is 6.18 Å². The molecule has 0 spiro atoms. The van der Waals surface area contributed by atoms with Crippen LogP contribution in [-0.4, -0.2) is 12.5 Å². The highest BCUT2D eigenvalue weighted by Gasteiger charge is 2.34. The third-order valence-electron chi connectivity index (χ3n) is 2.61. The van der Waals surface area contributed by atoms with Crippen molar-refractivity contribution < 1.29 is 22.4 Å². The first kappa shape index (κ1) is 14.1. The molecular formula is C13H10F4N2O. The van der Waals surface area contributed by atoms with Gasteiger partial charge in [-0.1, -0.05) is 0 Å². The predicted octanol–water partition coefficient (Wildman–Crippen LogP) is 2.58. The molecule has 0 aliphatic carbocycles. The van der Waals surface area contributed by atoms with E-state index in [1.165, 1.54) is 0 Å². The maximum atomic E-state index is 13.1. The van der Waals surface area contributed by atoms with Crippen molar-refractivity contribution in [3.8, 4) is 0 Å². The van der Waals surface area contributed by atoms with Gasteiger partial charge in [0.2, 0.25) is 0 Å². The molecule has 1 aromatic rings. The summed E-state index contributed by atoms with van der Waals surface area (Å²) in [7, 11) is 0. The number of rotatable bonds is 2. The van der Waals surface area contributed by atoms with Crippen LogP contribution in [-0.2, 0) is 6.18 Å². The average Bonchev–Trinajstić information content (AvgIpc) is 2.39. The number of carbonyl (C=O) groups excluding carboxylic acids is 1. The molecule has 20 heavy (non-hydrogen) atoms. The van der Waals surface area contributed by atoms with E-state index in [2.05, 4.69) is 10.6 Å². The van der Waals surface area contributed by atoms with Crippen LogP contribution in [0.1, 0.15) is 15.9 Å². The van der Waals surface area contributed by atoms with E-state index in [0.29, 0.717) is 24.4 Å². The van der Waals surface area contributed by atoms with Gasteiger partial charge in [-0.15, -0.1) is 0 Å². The van der Waals surface area contributed by atoms with Gasteiger partial charge >= 0.3 is 6.18 Å². The standard InChI is InChI=1S/C13H10F4N2O/c14-11-4-3-8(6-10(11)13(15,16)17)12(20)19-9-2-1-5-18-7-9/h1-6,18H,7H2,(H,19,20). The topological polar surface area (TPSA) is 41.1 Å². The summed E-state index contributed by atoms with van der Waals surface area (Å²) in [6.45, 7) is 0.357. The number of amides is 1. The van der Waals surface area contributed by atoms with Crippen molar-refractivity contribution in [2.75, 3.05) is 6.54 Å². The van der Waals surface area contributed by atoms with Gasteiger partial charge in [-0.25, -0.2) is 4.39 Å². The quantitative estimate of drug-likeness (QED) is 0.820. The fraction of sp³-hybridized carbons (Fsp3) is 0.154.